The number of aromatic nitrogens is 1. The molecule has 1 unspecified atom stereocenters. The summed E-state index contributed by atoms with van der Waals surface area (Å²) < 4.78 is 10.3. The third-order valence-corrected chi connectivity index (χ3v) is 3.11. The normalized spacial score (nSPS) is 11.9. The molecule has 1 atom stereocenters. The summed E-state index contributed by atoms with van der Waals surface area (Å²) in [6.07, 6.45) is 0.866. The second-order valence-electron chi connectivity index (χ2n) is 4.76. The number of rotatable bonds is 7. The molecule has 1 aromatic heterocycles. The molecule has 0 saturated carbocycles. The molecule has 1 amide bonds. The first-order valence-electron chi connectivity index (χ1n) is 7.11. The molecule has 5 heteroatoms. The summed E-state index contributed by atoms with van der Waals surface area (Å²) >= 11 is 0. The van der Waals surface area contributed by atoms with E-state index in [2.05, 4.69) is 10.5 Å². The molecule has 2 rings (SSSR count). The number of nitrogens with zero attached hydrogens (tertiary/aromatic N) is 1. The zero-order chi connectivity index (χ0) is 15.1. The molecule has 0 aliphatic carbocycles. The van der Waals surface area contributed by atoms with Gasteiger partial charge in [0.1, 0.15) is 5.76 Å². The largest absolute Gasteiger partial charge is 0.476 e. The molecule has 0 saturated heterocycles. The predicted molar refractivity (Wildman–Crippen MR) is 79.0 cm³/mol. The Hall–Kier alpha value is -2.30. The average Bonchev–Trinajstić information content (AvgIpc) is 2.94. The molecular weight excluding hydrogens is 268 g/mol. The van der Waals surface area contributed by atoms with Crippen molar-refractivity contribution in [3.8, 4) is 5.88 Å². The molecule has 0 aliphatic heterocycles. The van der Waals surface area contributed by atoms with Crippen molar-refractivity contribution in [1.82, 2.24) is 10.5 Å². The van der Waals surface area contributed by atoms with Gasteiger partial charge in [-0.15, -0.1) is 0 Å². The second kappa shape index (κ2) is 7.47. The minimum absolute atomic E-state index is 0.00703. The van der Waals surface area contributed by atoms with Crippen molar-refractivity contribution >= 4 is 5.91 Å². The lowest BCUT2D eigenvalue weighted by Crippen LogP contribution is -2.26. The maximum Gasteiger partial charge on any atom is 0.254 e. The van der Waals surface area contributed by atoms with Crippen molar-refractivity contribution in [2.45, 2.75) is 32.7 Å². The van der Waals surface area contributed by atoms with Crippen molar-refractivity contribution in [2.24, 2.45) is 0 Å². The second-order valence-corrected chi connectivity index (χ2v) is 4.76. The molecule has 0 spiro atoms. The highest BCUT2D eigenvalue weighted by Crippen LogP contribution is 2.14. The van der Waals surface area contributed by atoms with E-state index < -0.39 is 0 Å². The molecule has 0 fully saturated rings. The summed E-state index contributed by atoms with van der Waals surface area (Å²) in [5.41, 5.74) is 1.09. The molecule has 112 valence electrons. The van der Waals surface area contributed by atoms with Gasteiger partial charge in [-0.2, -0.15) is 0 Å². The number of amides is 1. The highest BCUT2D eigenvalue weighted by atomic mass is 16.5. The van der Waals surface area contributed by atoms with Gasteiger partial charge < -0.3 is 14.6 Å². The number of nitrogens with one attached hydrogen (secondary N) is 1. The Balaban J connectivity index is 1.79. The van der Waals surface area contributed by atoms with Crippen LogP contribution in [0.2, 0.25) is 0 Å². The van der Waals surface area contributed by atoms with E-state index >= 15 is 0 Å². The van der Waals surface area contributed by atoms with Crippen LogP contribution in [-0.4, -0.2) is 17.7 Å². The Kier molecular flexibility index (Phi) is 5.37. The van der Waals surface area contributed by atoms with Crippen LogP contribution < -0.4 is 10.1 Å². The Morgan fingerprint density at radius 2 is 2.14 bits per heavy atom. The minimum Gasteiger partial charge on any atom is -0.476 e. The average molecular weight is 288 g/mol. The first-order valence-corrected chi connectivity index (χ1v) is 7.11. The number of hydrogen-bond donors (Lipinski definition) is 1. The topological polar surface area (TPSA) is 64.4 Å². The van der Waals surface area contributed by atoms with Gasteiger partial charge in [-0.1, -0.05) is 30.3 Å². The fraction of sp³-hybridized carbons (Fsp3) is 0.375. The number of ether oxygens (including phenoxy) is 1. The van der Waals surface area contributed by atoms with Crippen LogP contribution in [0.25, 0.3) is 0 Å². The van der Waals surface area contributed by atoms with Gasteiger partial charge in [0.05, 0.1) is 12.6 Å². The molecule has 0 bridgehead atoms. The SMILES string of the molecule is CCOc1cc(CCC(=O)NC(C)c2ccccc2)on1. The number of carbonyl (C=O) groups is 1. The van der Waals surface area contributed by atoms with Crippen LogP contribution in [0.15, 0.2) is 40.9 Å². The maximum atomic E-state index is 11.9. The molecule has 1 aromatic carbocycles. The Morgan fingerprint density at radius 3 is 2.86 bits per heavy atom. The Bertz CT molecular complexity index is 566. The summed E-state index contributed by atoms with van der Waals surface area (Å²) in [6.45, 7) is 4.39. The molecule has 1 N–H and O–H groups in total. The smallest absolute Gasteiger partial charge is 0.254 e. The quantitative estimate of drug-likeness (QED) is 0.851. The molecule has 0 aliphatic rings. The van der Waals surface area contributed by atoms with Crippen molar-refractivity contribution in [3.63, 3.8) is 0 Å². The monoisotopic (exact) mass is 288 g/mol. The van der Waals surface area contributed by atoms with Gasteiger partial charge in [0, 0.05) is 18.9 Å². The highest BCUT2D eigenvalue weighted by molar-refractivity contribution is 5.76. The molecule has 2 aromatic rings. The van der Waals surface area contributed by atoms with E-state index in [1.807, 2.05) is 44.2 Å². The maximum absolute atomic E-state index is 11.9. The van der Waals surface area contributed by atoms with Gasteiger partial charge in [-0.25, -0.2) is 0 Å². The van der Waals surface area contributed by atoms with E-state index in [4.69, 9.17) is 9.26 Å². The van der Waals surface area contributed by atoms with E-state index in [1.54, 1.807) is 6.07 Å². The number of carbonyl (C=O) groups excluding carboxylic acids is 1. The van der Waals surface area contributed by atoms with Crippen LogP contribution in [-0.2, 0) is 11.2 Å². The van der Waals surface area contributed by atoms with Crippen LogP contribution in [0.3, 0.4) is 0 Å². The first-order chi connectivity index (χ1) is 10.2. The fourth-order valence-corrected chi connectivity index (χ4v) is 2.00. The molecule has 0 radical (unpaired) electrons. The van der Waals surface area contributed by atoms with Gasteiger partial charge >= 0.3 is 0 Å². The lowest BCUT2D eigenvalue weighted by molar-refractivity contribution is -0.121. The molecule has 21 heavy (non-hydrogen) atoms. The van der Waals surface area contributed by atoms with Gasteiger partial charge in [0.2, 0.25) is 5.91 Å². The lowest BCUT2D eigenvalue weighted by atomic mass is 10.1. The Labute approximate surface area is 124 Å². The number of hydrogen-bond acceptors (Lipinski definition) is 4. The third-order valence-electron chi connectivity index (χ3n) is 3.11. The molecular formula is C16H20N2O3. The minimum atomic E-state index is -0.0132. The molecule has 1 heterocycles. The lowest BCUT2D eigenvalue weighted by Gasteiger charge is -2.13. The summed E-state index contributed by atoms with van der Waals surface area (Å²) in [4.78, 5) is 11.9. The van der Waals surface area contributed by atoms with E-state index in [0.717, 1.165) is 5.56 Å². The van der Waals surface area contributed by atoms with Crippen LogP contribution in [0.4, 0.5) is 0 Å². The van der Waals surface area contributed by atoms with Gasteiger partial charge in [-0.3, -0.25) is 4.79 Å². The number of aryl methyl sites for hydroxylation is 1. The fourth-order valence-electron chi connectivity index (χ4n) is 2.00. The first kappa shape index (κ1) is 15.1. The zero-order valence-electron chi connectivity index (χ0n) is 12.3. The third kappa shape index (κ3) is 4.63. The van der Waals surface area contributed by atoms with E-state index in [1.165, 1.54) is 0 Å². The van der Waals surface area contributed by atoms with Crippen molar-refractivity contribution in [3.05, 3.63) is 47.7 Å². The van der Waals surface area contributed by atoms with Gasteiger partial charge in [-0.05, 0) is 24.6 Å². The van der Waals surface area contributed by atoms with Crippen LogP contribution in [0, 0.1) is 0 Å². The Morgan fingerprint density at radius 1 is 1.38 bits per heavy atom. The van der Waals surface area contributed by atoms with Crippen molar-refractivity contribution < 1.29 is 14.1 Å². The van der Waals surface area contributed by atoms with Crippen molar-refractivity contribution in [1.29, 1.82) is 0 Å². The van der Waals surface area contributed by atoms with Crippen LogP contribution in [0.1, 0.15) is 37.6 Å². The number of benzene rings is 1. The van der Waals surface area contributed by atoms with Gasteiger partial charge in [0.15, 0.2) is 0 Å². The van der Waals surface area contributed by atoms with E-state index in [9.17, 15) is 4.79 Å². The predicted octanol–water partition coefficient (Wildman–Crippen LogP) is 2.88. The molecule has 5 nitrogen and oxygen atoms in total. The van der Waals surface area contributed by atoms with E-state index in [-0.39, 0.29) is 11.9 Å². The van der Waals surface area contributed by atoms with Crippen molar-refractivity contribution in [2.75, 3.05) is 6.61 Å². The van der Waals surface area contributed by atoms with Crippen LogP contribution >= 0.6 is 0 Å². The van der Waals surface area contributed by atoms with Crippen LogP contribution in [0.5, 0.6) is 5.88 Å². The summed E-state index contributed by atoms with van der Waals surface area (Å²) in [5.74, 6) is 1.10. The van der Waals surface area contributed by atoms with E-state index in [0.29, 0.717) is 31.1 Å². The standard InChI is InChI=1S/C16H20N2O3/c1-3-20-16-11-14(21-18-16)9-10-15(19)17-12(2)13-7-5-4-6-8-13/h4-8,11-12H,3,9-10H2,1-2H3,(H,17,19). The summed E-state index contributed by atoms with van der Waals surface area (Å²) in [7, 11) is 0. The summed E-state index contributed by atoms with van der Waals surface area (Å²) in [5, 5.41) is 6.73. The zero-order valence-corrected chi connectivity index (χ0v) is 12.3. The highest BCUT2D eigenvalue weighted by Gasteiger charge is 2.11. The summed E-state index contributed by atoms with van der Waals surface area (Å²) in [6, 6.07) is 11.6. The van der Waals surface area contributed by atoms with Gasteiger partial charge in [0.25, 0.3) is 5.88 Å².